The molecule has 0 aliphatic heterocycles. The summed E-state index contributed by atoms with van der Waals surface area (Å²) < 4.78 is 0.891. The van der Waals surface area contributed by atoms with Crippen LogP contribution >= 0.6 is 27.3 Å². The Balaban J connectivity index is 2.22. The highest BCUT2D eigenvalue weighted by Crippen LogP contribution is 2.27. The lowest BCUT2D eigenvalue weighted by Crippen LogP contribution is -2.29. The van der Waals surface area contributed by atoms with Crippen molar-refractivity contribution in [2.75, 3.05) is 7.05 Å². The first kappa shape index (κ1) is 15.7. The lowest BCUT2D eigenvalue weighted by Gasteiger charge is -2.24. The number of nitrogens with zero attached hydrogens (tertiary/aromatic N) is 2. The monoisotopic (exact) mass is 368 g/mol. The van der Waals surface area contributed by atoms with Crippen LogP contribution in [-0.2, 0) is 0 Å². The van der Waals surface area contributed by atoms with Crippen molar-refractivity contribution in [3.8, 4) is 0 Å². The lowest BCUT2D eigenvalue weighted by molar-refractivity contribution is -0.384. The molecule has 0 bridgehead atoms. The molecule has 0 radical (unpaired) electrons. The maximum atomic E-state index is 12.4. The zero-order valence-electron chi connectivity index (χ0n) is 11.4. The molecule has 1 unspecified atom stereocenters. The van der Waals surface area contributed by atoms with Gasteiger partial charge in [-0.2, -0.15) is 0 Å². The third kappa shape index (κ3) is 3.48. The molecular weight excluding hydrogens is 356 g/mol. The summed E-state index contributed by atoms with van der Waals surface area (Å²) in [6.07, 6.45) is 0. The number of benzene rings is 1. The van der Waals surface area contributed by atoms with Gasteiger partial charge in [-0.3, -0.25) is 14.9 Å². The molecule has 0 spiro atoms. The molecule has 0 saturated heterocycles. The number of hydrogen-bond donors (Lipinski definition) is 0. The molecule has 2 aromatic rings. The molecular formula is C14H13BrN2O3S. The molecule has 0 saturated carbocycles. The Morgan fingerprint density at radius 3 is 2.67 bits per heavy atom. The van der Waals surface area contributed by atoms with E-state index in [4.69, 9.17) is 0 Å². The number of hydrogen-bond acceptors (Lipinski definition) is 4. The first-order chi connectivity index (χ1) is 9.90. The number of amides is 1. The zero-order valence-corrected chi connectivity index (χ0v) is 13.8. The third-order valence-corrected chi connectivity index (χ3v) is 4.86. The molecule has 0 fully saturated rings. The number of non-ortho nitro benzene ring substituents is 1. The van der Waals surface area contributed by atoms with Crippen LogP contribution < -0.4 is 0 Å². The Morgan fingerprint density at radius 1 is 1.38 bits per heavy atom. The largest absolute Gasteiger partial charge is 0.334 e. The van der Waals surface area contributed by atoms with Gasteiger partial charge in [0.25, 0.3) is 11.6 Å². The van der Waals surface area contributed by atoms with Crippen LogP contribution in [0.15, 0.2) is 40.2 Å². The number of nitro benzene ring substituents is 1. The van der Waals surface area contributed by atoms with Gasteiger partial charge in [-0.05, 0) is 40.5 Å². The molecule has 1 amide bonds. The smallest absolute Gasteiger partial charge is 0.269 e. The molecule has 2 rings (SSSR count). The van der Waals surface area contributed by atoms with Crippen LogP contribution in [0, 0.1) is 10.1 Å². The van der Waals surface area contributed by atoms with Crippen molar-refractivity contribution in [3.63, 3.8) is 0 Å². The van der Waals surface area contributed by atoms with E-state index < -0.39 is 4.92 Å². The first-order valence-corrected chi connectivity index (χ1v) is 7.78. The van der Waals surface area contributed by atoms with Gasteiger partial charge in [-0.1, -0.05) is 12.1 Å². The molecule has 110 valence electrons. The van der Waals surface area contributed by atoms with E-state index in [0.717, 1.165) is 9.35 Å². The highest BCUT2D eigenvalue weighted by atomic mass is 79.9. The summed E-state index contributed by atoms with van der Waals surface area (Å²) in [6.45, 7) is 1.85. The van der Waals surface area contributed by atoms with Crippen molar-refractivity contribution >= 4 is 38.9 Å². The summed E-state index contributed by atoms with van der Waals surface area (Å²) in [5.41, 5.74) is 0.759. The molecule has 0 aliphatic rings. The zero-order chi connectivity index (χ0) is 15.6. The van der Waals surface area contributed by atoms with Gasteiger partial charge >= 0.3 is 0 Å². The Kier molecular flexibility index (Phi) is 4.74. The topological polar surface area (TPSA) is 63.5 Å². The summed E-state index contributed by atoms with van der Waals surface area (Å²) in [5, 5.41) is 10.8. The summed E-state index contributed by atoms with van der Waals surface area (Å²) in [7, 11) is 1.69. The lowest BCUT2D eigenvalue weighted by atomic mass is 10.1. The van der Waals surface area contributed by atoms with E-state index in [1.807, 2.05) is 13.0 Å². The Hall–Kier alpha value is -1.73. The van der Waals surface area contributed by atoms with Crippen molar-refractivity contribution < 1.29 is 9.72 Å². The number of nitro groups is 1. The molecule has 1 aromatic heterocycles. The summed E-state index contributed by atoms with van der Waals surface area (Å²) >= 11 is 4.69. The summed E-state index contributed by atoms with van der Waals surface area (Å²) in [5.74, 6) is -0.107. The van der Waals surface area contributed by atoms with E-state index in [2.05, 4.69) is 15.9 Å². The van der Waals surface area contributed by atoms with Crippen molar-refractivity contribution in [3.05, 3.63) is 60.7 Å². The average molecular weight is 369 g/mol. The molecule has 7 heteroatoms. The quantitative estimate of drug-likeness (QED) is 0.598. The molecule has 5 nitrogen and oxygen atoms in total. The molecule has 0 N–H and O–H groups in total. The molecule has 0 aliphatic carbocycles. The van der Waals surface area contributed by atoms with Crippen LogP contribution in [0.5, 0.6) is 0 Å². The van der Waals surface area contributed by atoms with E-state index in [-0.39, 0.29) is 17.6 Å². The first-order valence-electron chi connectivity index (χ1n) is 6.17. The second-order valence-corrected chi connectivity index (χ2v) is 7.01. The van der Waals surface area contributed by atoms with Crippen LogP contribution in [-0.4, -0.2) is 22.8 Å². The van der Waals surface area contributed by atoms with Gasteiger partial charge in [0.1, 0.15) is 0 Å². The minimum absolute atomic E-state index is 0.0269. The summed E-state index contributed by atoms with van der Waals surface area (Å²) in [4.78, 5) is 25.0. The Bertz CT molecular complexity index is 686. The highest BCUT2D eigenvalue weighted by Gasteiger charge is 2.21. The van der Waals surface area contributed by atoms with Gasteiger partial charge < -0.3 is 4.90 Å². The Labute approximate surface area is 134 Å². The van der Waals surface area contributed by atoms with E-state index in [1.165, 1.54) is 23.5 Å². The van der Waals surface area contributed by atoms with Gasteiger partial charge in [0.05, 0.1) is 19.6 Å². The van der Waals surface area contributed by atoms with Crippen LogP contribution in [0.25, 0.3) is 0 Å². The number of carbonyl (C=O) groups excluding carboxylic acids is 1. The minimum atomic E-state index is -0.436. The van der Waals surface area contributed by atoms with Crippen molar-refractivity contribution in [2.24, 2.45) is 0 Å². The van der Waals surface area contributed by atoms with E-state index in [0.29, 0.717) is 4.88 Å². The number of halogens is 1. The fourth-order valence-corrected chi connectivity index (χ4v) is 3.27. The van der Waals surface area contributed by atoms with E-state index >= 15 is 0 Å². The van der Waals surface area contributed by atoms with Gasteiger partial charge in [0.15, 0.2) is 0 Å². The summed E-state index contributed by atoms with van der Waals surface area (Å²) in [6, 6.07) is 9.68. The van der Waals surface area contributed by atoms with Crippen LogP contribution in [0.3, 0.4) is 0 Å². The fraction of sp³-hybridized carbons (Fsp3) is 0.214. The van der Waals surface area contributed by atoms with Crippen molar-refractivity contribution in [2.45, 2.75) is 13.0 Å². The second kappa shape index (κ2) is 6.36. The maximum Gasteiger partial charge on any atom is 0.269 e. The second-order valence-electron chi connectivity index (χ2n) is 4.55. The average Bonchev–Trinajstić information content (AvgIpc) is 2.91. The van der Waals surface area contributed by atoms with Crippen LogP contribution in [0.1, 0.15) is 28.2 Å². The Morgan fingerprint density at radius 2 is 2.10 bits per heavy atom. The van der Waals surface area contributed by atoms with E-state index in [1.54, 1.807) is 30.1 Å². The van der Waals surface area contributed by atoms with Gasteiger partial charge in [-0.25, -0.2) is 0 Å². The SMILES string of the molecule is CC(c1cccc([N+](=O)[O-])c1)N(C)C(=O)c1ccc(Br)s1. The van der Waals surface area contributed by atoms with Gasteiger partial charge in [0.2, 0.25) is 0 Å². The van der Waals surface area contributed by atoms with Crippen molar-refractivity contribution in [1.82, 2.24) is 4.90 Å². The molecule has 1 atom stereocenters. The van der Waals surface area contributed by atoms with E-state index in [9.17, 15) is 14.9 Å². The number of thiophene rings is 1. The fourth-order valence-electron chi connectivity index (χ4n) is 1.90. The number of carbonyl (C=O) groups is 1. The molecule has 1 heterocycles. The third-order valence-electron chi connectivity index (χ3n) is 3.25. The molecule has 21 heavy (non-hydrogen) atoms. The van der Waals surface area contributed by atoms with Gasteiger partial charge in [-0.15, -0.1) is 11.3 Å². The standard InChI is InChI=1S/C14H13BrN2O3S/c1-9(10-4-3-5-11(8-10)17(19)20)16(2)14(18)12-6-7-13(15)21-12/h3-9H,1-2H3. The minimum Gasteiger partial charge on any atom is -0.334 e. The number of rotatable bonds is 4. The van der Waals surface area contributed by atoms with Crippen LogP contribution in [0.4, 0.5) is 5.69 Å². The van der Waals surface area contributed by atoms with Crippen LogP contribution in [0.2, 0.25) is 0 Å². The predicted molar refractivity (Wildman–Crippen MR) is 85.6 cm³/mol. The van der Waals surface area contributed by atoms with Crippen molar-refractivity contribution in [1.29, 1.82) is 0 Å². The van der Waals surface area contributed by atoms with Gasteiger partial charge in [0, 0.05) is 19.2 Å². The normalized spacial score (nSPS) is 12.0. The maximum absolute atomic E-state index is 12.4. The molecule has 1 aromatic carbocycles. The predicted octanol–water partition coefficient (Wildman–Crippen LogP) is 4.25. The highest BCUT2D eigenvalue weighted by molar-refractivity contribution is 9.11.